The van der Waals surface area contributed by atoms with E-state index in [0.717, 1.165) is 12.8 Å². The molecule has 76 valence electrons. The van der Waals surface area contributed by atoms with Crippen LogP contribution in [0.2, 0.25) is 0 Å². The van der Waals surface area contributed by atoms with E-state index in [9.17, 15) is 4.79 Å². The van der Waals surface area contributed by atoms with Crippen LogP contribution in [0.1, 0.15) is 42.7 Å². The average molecular weight is 195 g/mol. The first-order valence-corrected chi connectivity index (χ1v) is 4.90. The molecule has 0 saturated heterocycles. The van der Waals surface area contributed by atoms with E-state index in [1.54, 1.807) is 11.7 Å². The summed E-state index contributed by atoms with van der Waals surface area (Å²) >= 11 is 0. The van der Waals surface area contributed by atoms with Gasteiger partial charge in [-0.2, -0.15) is 9.90 Å². The maximum Gasteiger partial charge on any atom is 0.360 e. The molecule has 14 heavy (non-hydrogen) atoms. The minimum absolute atomic E-state index is 0.304. The molecule has 1 heterocycles. The lowest BCUT2D eigenvalue weighted by atomic mass is 9.94. The summed E-state index contributed by atoms with van der Waals surface area (Å²) in [7, 11) is 0. The van der Waals surface area contributed by atoms with Crippen LogP contribution in [-0.4, -0.2) is 27.6 Å². The van der Waals surface area contributed by atoms with Crippen molar-refractivity contribution >= 4 is 5.97 Å². The van der Waals surface area contributed by atoms with Crippen LogP contribution in [0.3, 0.4) is 0 Å². The standard InChI is InChI=1S/C9H13N3O2/c1-2-14-9(13)8-6-10-12(11-8)7-4-3-5-7/h6-7H,2-5H2,1H3. The van der Waals surface area contributed by atoms with E-state index in [4.69, 9.17) is 4.74 Å². The number of hydrogen-bond acceptors (Lipinski definition) is 4. The van der Waals surface area contributed by atoms with E-state index in [1.165, 1.54) is 12.6 Å². The lowest BCUT2D eigenvalue weighted by Gasteiger charge is -2.23. The predicted octanol–water partition coefficient (Wildman–Crippen LogP) is 1.18. The minimum atomic E-state index is -0.391. The van der Waals surface area contributed by atoms with Gasteiger partial charge in [0.05, 0.1) is 18.8 Å². The summed E-state index contributed by atoms with van der Waals surface area (Å²) in [6, 6.07) is 0.387. The third kappa shape index (κ3) is 1.62. The van der Waals surface area contributed by atoms with Crippen LogP contribution in [0.15, 0.2) is 6.20 Å². The van der Waals surface area contributed by atoms with Crippen molar-refractivity contribution in [3.05, 3.63) is 11.9 Å². The molecule has 0 amide bonds. The summed E-state index contributed by atoms with van der Waals surface area (Å²) in [4.78, 5) is 12.9. The fourth-order valence-corrected chi connectivity index (χ4v) is 1.37. The number of aromatic nitrogens is 3. The van der Waals surface area contributed by atoms with E-state index in [-0.39, 0.29) is 0 Å². The van der Waals surface area contributed by atoms with Crippen molar-refractivity contribution in [2.75, 3.05) is 6.61 Å². The summed E-state index contributed by atoms with van der Waals surface area (Å²) in [5.41, 5.74) is 0.304. The van der Waals surface area contributed by atoms with Gasteiger partial charge in [-0.1, -0.05) is 0 Å². The molecular weight excluding hydrogens is 182 g/mol. The largest absolute Gasteiger partial charge is 0.461 e. The molecule has 5 heteroatoms. The molecule has 0 unspecified atom stereocenters. The van der Waals surface area contributed by atoms with Crippen LogP contribution in [0.25, 0.3) is 0 Å². The Kier molecular flexibility index (Phi) is 2.47. The molecule has 0 spiro atoms. The van der Waals surface area contributed by atoms with Crippen LogP contribution in [0.5, 0.6) is 0 Å². The number of hydrogen-bond donors (Lipinski definition) is 0. The zero-order valence-electron chi connectivity index (χ0n) is 8.14. The zero-order valence-corrected chi connectivity index (χ0v) is 8.14. The topological polar surface area (TPSA) is 57.0 Å². The third-order valence-electron chi connectivity index (χ3n) is 2.39. The van der Waals surface area contributed by atoms with Crippen LogP contribution in [0, 0.1) is 0 Å². The van der Waals surface area contributed by atoms with E-state index >= 15 is 0 Å². The van der Waals surface area contributed by atoms with Crippen molar-refractivity contribution < 1.29 is 9.53 Å². The van der Waals surface area contributed by atoms with Gasteiger partial charge < -0.3 is 4.74 Å². The maximum atomic E-state index is 11.2. The molecule has 0 atom stereocenters. The summed E-state index contributed by atoms with van der Waals surface area (Å²) < 4.78 is 4.82. The first kappa shape index (κ1) is 9.18. The van der Waals surface area contributed by atoms with Crippen molar-refractivity contribution in [2.24, 2.45) is 0 Å². The Morgan fingerprint density at radius 1 is 1.71 bits per heavy atom. The fourth-order valence-electron chi connectivity index (χ4n) is 1.37. The lowest BCUT2D eigenvalue weighted by molar-refractivity contribution is 0.0517. The van der Waals surface area contributed by atoms with Gasteiger partial charge in [-0.3, -0.25) is 0 Å². The van der Waals surface area contributed by atoms with Crippen LogP contribution in [0.4, 0.5) is 0 Å². The number of nitrogens with zero attached hydrogens (tertiary/aromatic N) is 3. The Labute approximate surface area is 82.1 Å². The highest BCUT2D eigenvalue weighted by atomic mass is 16.5. The van der Waals surface area contributed by atoms with Crippen molar-refractivity contribution in [3.63, 3.8) is 0 Å². The molecule has 1 aromatic heterocycles. The van der Waals surface area contributed by atoms with E-state index in [2.05, 4.69) is 10.2 Å². The highest BCUT2D eigenvalue weighted by Gasteiger charge is 2.22. The summed E-state index contributed by atoms with van der Waals surface area (Å²) in [5.74, 6) is -0.391. The SMILES string of the molecule is CCOC(=O)c1cnn(C2CCC2)n1. The van der Waals surface area contributed by atoms with Gasteiger partial charge in [0.2, 0.25) is 0 Å². The fraction of sp³-hybridized carbons (Fsp3) is 0.667. The molecule has 5 nitrogen and oxygen atoms in total. The van der Waals surface area contributed by atoms with E-state index in [0.29, 0.717) is 18.3 Å². The van der Waals surface area contributed by atoms with Gasteiger partial charge in [0.25, 0.3) is 0 Å². The molecule has 0 bridgehead atoms. The third-order valence-corrected chi connectivity index (χ3v) is 2.39. The first-order chi connectivity index (χ1) is 6.81. The van der Waals surface area contributed by atoms with Gasteiger partial charge in [0, 0.05) is 0 Å². The maximum absolute atomic E-state index is 11.2. The molecule has 0 N–H and O–H groups in total. The average Bonchev–Trinajstić information content (AvgIpc) is 2.50. The molecule has 0 aliphatic heterocycles. The van der Waals surface area contributed by atoms with Crippen molar-refractivity contribution in [1.82, 2.24) is 15.0 Å². The number of ether oxygens (including phenoxy) is 1. The van der Waals surface area contributed by atoms with Gasteiger partial charge in [0.1, 0.15) is 0 Å². The monoisotopic (exact) mass is 195 g/mol. The second kappa shape index (κ2) is 3.77. The summed E-state index contributed by atoms with van der Waals surface area (Å²) in [6.07, 6.45) is 4.91. The molecule has 0 radical (unpaired) electrons. The number of rotatable bonds is 3. The van der Waals surface area contributed by atoms with Gasteiger partial charge >= 0.3 is 5.97 Å². The Balaban J connectivity index is 2.05. The molecule has 1 fully saturated rings. The van der Waals surface area contributed by atoms with E-state index in [1.807, 2.05) is 0 Å². The second-order valence-electron chi connectivity index (χ2n) is 3.36. The Bertz CT molecular complexity index is 331. The highest BCUT2D eigenvalue weighted by Crippen LogP contribution is 2.29. The summed E-state index contributed by atoms with van der Waals surface area (Å²) in [5, 5.41) is 8.13. The van der Waals surface area contributed by atoms with Gasteiger partial charge in [-0.25, -0.2) is 4.79 Å². The minimum Gasteiger partial charge on any atom is -0.461 e. The predicted molar refractivity (Wildman–Crippen MR) is 48.9 cm³/mol. The van der Waals surface area contributed by atoms with E-state index < -0.39 is 5.97 Å². The molecule has 0 aromatic carbocycles. The number of carbonyl (C=O) groups is 1. The van der Waals surface area contributed by atoms with Crippen LogP contribution >= 0.6 is 0 Å². The van der Waals surface area contributed by atoms with Gasteiger partial charge in [-0.15, -0.1) is 5.10 Å². The number of carbonyl (C=O) groups excluding carboxylic acids is 1. The van der Waals surface area contributed by atoms with Crippen LogP contribution < -0.4 is 0 Å². The smallest absolute Gasteiger partial charge is 0.360 e. The van der Waals surface area contributed by atoms with Gasteiger partial charge in [-0.05, 0) is 26.2 Å². The summed E-state index contributed by atoms with van der Waals surface area (Å²) in [6.45, 7) is 2.14. The normalized spacial score (nSPS) is 16.4. The highest BCUT2D eigenvalue weighted by molar-refractivity contribution is 5.86. The molecule has 1 aromatic rings. The number of esters is 1. The second-order valence-corrected chi connectivity index (χ2v) is 3.36. The van der Waals surface area contributed by atoms with Crippen LogP contribution in [-0.2, 0) is 4.74 Å². The van der Waals surface area contributed by atoms with Crippen molar-refractivity contribution in [3.8, 4) is 0 Å². The van der Waals surface area contributed by atoms with Crippen molar-refractivity contribution in [1.29, 1.82) is 0 Å². The Morgan fingerprint density at radius 2 is 2.50 bits per heavy atom. The lowest BCUT2D eigenvalue weighted by Crippen LogP contribution is -2.20. The Morgan fingerprint density at radius 3 is 3.07 bits per heavy atom. The molecule has 1 saturated carbocycles. The zero-order chi connectivity index (χ0) is 9.97. The van der Waals surface area contributed by atoms with Gasteiger partial charge in [0.15, 0.2) is 5.69 Å². The van der Waals surface area contributed by atoms with Crippen molar-refractivity contribution in [2.45, 2.75) is 32.2 Å². The Hall–Kier alpha value is -1.39. The first-order valence-electron chi connectivity index (χ1n) is 4.90. The molecule has 2 rings (SSSR count). The molecule has 1 aliphatic rings. The molecular formula is C9H13N3O2. The quantitative estimate of drug-likeness (QED) is 0.679. The molecule has 1 aliphatic carbocycles.